The van der Waals surface area contributed by atoms with E-state index in [1.54, 1.807) is 12.1 Å². The van der Waals surface area contributed by atoms with E-state index in [1.807, 2.05) is 24.3 Å². The van der Waals surface area contributed by atoms with Gasteiger partial charge in [-0.25, -0.2) is 9.37 Å². The number of aromatic amines is 1. The fourth-order valence-corrected chi connectivity index (χ4v) is 5.01. The summed E-state index contributed by atoms with van der Waals surface area (Å²) >= 11 is 0. The molecule has 6 rings (SSSR count). The van der Waals surface area contributed by atoms with Crippen LogP contribution in [0, 0.1) is 5.82 Å². The van der Waals surface area contributed by atoms with Crippen molar-refractivity contribution >= 4 is 5.69 Å². The summed E-state index contributed by atoms with van der Waals surface area (Å²) in [6, 6.07) is 35.4. The fourth-order valence-electron chi connectivity index (χ4n) is 5.01. The molecule has 0 atom stereocenters. The summed E-state index contributed by atoms with van der Waals surface area (Å²) in [5.74, 6) is 1.56. The summed E-state index contributed by atoms with van der Waals surface area (Å²) in [5.41, 5.74) is 6.41. The fraction of sp³-hybridized carbons (Fsp3) is 0.182. The zero-order valence-corrected chi connectivity index (χ0v) is 21.8. The van der Waals surface area contributed by atoms with Gasteiger partial charge >= 0.3 is 0 Å². The van der Waals surface area contributed by atoms with E-state index in [2.05, 4.69) is 75.4 Å². The zero-order chi connectivity index (χ0) is 26.4. The van der Waals surface area contributed by atoms with E-state index in [9.17, 15) is 4.39 Å². The third kappa shape index (κ3) is 6.02. The largest absolute Gasteiger partial charge is 0.489 e. The summed E-state index contributed by atoms with van der Waals surface area (Å²) in [7, 11) is 0. The number of halogens is 1. The Bertz CT molecular complexity index is 1440. The molecule has 1 fully saturated rings. The average molecular weight is 519 g/mol. The Morgan fingerprint density at radius 2 is 1.44 bits per heavy atom. The molecule has 1 aromatic heterocycles. The van der Waals surface area contributed by atoms with Gasteiger partial charge < -0.3 is 14.6 Å². The Kier molecular flexibility index (Phi) is 7.36. The number of benzene rings is 4. The predicted molar refractivity (Wildman–Crippen MR) is 154 cm³/mol. The minimum Gasteiger partial charge on any atom is -0.489 e. The van der Waals surface area contributed by atoms with Crippen LogP contribution in [0.1, 0.15) is 11.4 Å². The lowest BCUT2D eigenvalue weighted by Gasteiger charge is -2.35. The normalized spacial score (nSPS) is 13.9. The molecule has 0 radical (unpaired) electrons. The second-order valence-corrected chi connectivity index (χ2v) is 9.81. The molecule has 1 aliphatic rings. The highest BCUT2D eigenvalue weighted by Crippen LogP contribution is 2.30. The van der Waals surface area contributed by atoms with Crippen molar-refractivity contribution in [2.24, 2.45) is 0 Å². The van der Waals surface area contributed by atoms with E-state index in [4.69, 9.17) is 9.72 Å². The van der Waals surface area contributed by atoms with E-state index in [1.165, 1.54) is 12.1 Å². The first kappa shape index (κ1) is 24.9. The molecule has 1 N–H and O–H groups in total. The first-order valence-electron chi connectivity index (χ1n) is 13.4. The van der Waals surface area contributed by atoms with Crippen molar-refractivity contribution in [2.75, 3.05) is 31.1 Å². The number of aromatic nitrogens is 2. The van der Waals surface area contributed by atoms with E-state index >= 15 is 0 Å². The molecule has 0 spiro atoms. The third-order valence-electron chi connectivity index (χ3n) is 7.11. The van der Waals surface area contributed by atoms with Crippen molar-refractivity contribution in [1.82, 2.24) is 14.9 Å². The third-order valence-corrected chi connectivity index (χ3v) is 7.11. The number of nitrogens with one attached hydrogen (secondary N) is 1. The van der Waals surface area contributed by atoms with Crippen molar-refractivity contribution < 1.29 is 9.13 Å². The summed E-state index contributed by atoms with van der Waals surface area (Å²) in [4.78, 5) is 13.5. The standard InChI is InChI=1S/C33H31FN4O/c34-28-16-14-25(15-17-28)24-39-30-13-7-12-29(22-30)38-20-18-37(19-21-38)23-31-35-32(26-8-3-1-4-9-26)33(36-31)27-10-5-2-6-11-27/h1-17,22H,18-21,23-24H2,(H,35,36). The van der Waals surface area contributed by atoms with Crippen molar-refractivity contribution in [3.8, 4) is 28.3 Å². The molecule has 4 aromatic carbocycles. The van der Waals surface area contributed by atoms with Gasteiger partial charge in [0, 0.05) is 49.1 Å². The van der Waals surface area contributed by atoms with E-state index in [0.29, 0.717) is 6.61 Å². The van der Waals surface area contributed by atoms with Crippen LogP contribution in [0.4, 0.5) is 10.1 Å². The molecule has 5 aromatic rings. The lowest BCUT2D eigenvalue weighted by Crippen LogP contribution is -2.46. The minimum absolute atomic E-state index is 0.236. The number of anilines is 1. The number of nitrogens with zero attached hydrogens (tertiary/aromatic N) is 3. The van der Waals surface area contributed by atoms with Crippen LogP contribution in [0.3, 0.4) is 0 Å². The van der Waals surface area contributed by atoms with Crippen LogP contribution in [0.2, 0.25) is 0 Å². The van der Waals surface area contributed by atoms with Crippen molar-refractivity contribution in [1.29, 1.82) is 0 Å². The molecule has 0 aliphatic carbocycles. The summed E-state index contributed by atoms with van der Waals surface area (Å²) in [6.07, 6.45) is 0. The molecule has 0 saturated carbocycles. The molecule has 0 amide bonds. The molecule has 39 heavy (non-hydrogen) atoms. The summed E-state index contributed by atoms with van der Waals surface area (Å²) in [6.45, 7) is 4.95. The Hall–Kier alpha value is -4.42. The van der Waals surface area contributed by atoms with Crippen LogP contribution >= 0.6 is 0 Å². The first-order valence-corrected chi connectivity index (χ1v) is 13.4. The minimum atomic E-state index is -0.236. The highest BCUT2D eigenvalue weighted by Gasteiger charge is 2.20. The van der Waals surface area contributed by atoms with Gasteiger partial charge in [0.1, 0.15) is 24.0 Å². The molecule has 5 nitrogen and oxygen atoms in total. The Morgan fingerprint density at radius 3 is 2.15 bits per heavy atom. The van der Waals surface area contributed by atoms with Gasteiger partial charge in [0.05, 0.1) is 17.9 Å². The Labute approximate surface area is 228 Å². The number of piperazine rings is 1. The highest BCUT2D eigenvalue weighted by molar-refractivity contribution is 5.78. The smallest absolute Gasteiger partial charge is 0.123 e. The maximum Gasteiger partial charge on any atom is 0.123 e. The molecule has 0 bridgehead atoms. The van der Waals surface area contributed by atoms with E-state index in [0.717, 1.165) is 78.1 Å². The lowest BCUT2D eigenvalue weighted by molar-refractivity contribution is 0.244. The average Bonchev–Trinajstić information content (AvgIpc) is 3.42. The van der Waals surface area contributed by atoms with Crippen LogP contribution in [0.5, 0.6) is 5.75 Å². The van der Waals surface area contributed by atoms with Crippen LogP contribution in [-0.4, -0.2) is 41.0 Å². The number of hydrogen-bond donors (Lipinski definition) is 1. The van der Waals surface area contributed by atoms with Gasteiger partial charge in [0.2, 0.25) is 0 Å². The SMILES string of the molecule is Fc1ccc(COc2cccc(N3CCN(Cc4nc(-c5ccccc5)c(-c5ccccc5)[nH]4)CC3)c2)cc1. The summed E-state index contributed by atoms with van der Waals surface area (Å²) < 4.78 is 19.1. The number of ether oxygens (including phenoxy) is 1. The van der Waals surface area contributed by atoms with Gasteiger partial charge in [-0.3, -0.25) is 4.90 Å². The quantitative estimate of drug-likeness (QED) is 0.246. The zero-order valence-electron chi connectivity index (χ0n) is 21.8. The van der Waals surface area contributed by atoms with Gasteiger partial charge in [0.25, 0.3) is 0 Å². The molecule has 1 aliphatic heterocycles. The van der Waals surface area contributed by atoms with Gasteiger partial charge in [-0.05, 0) is 29.8 Å². The lowest BCUT2D eigenvalue weighted by atomic mass is 10.1. The van der Waals surface area contributed by atoms with Crippen LogP contribution in [0.15, 0.2) is 109 Å². The molecular formula is C33H31FN4O. The predicted octanol–water partition coefficient (Wildman–Crippen LogP) is 6.78. The van der Waals surface area contributed by atoms with E-state index in [-0.39, 0.29) is 5.82 Å². The maximum atomic E-state index is 13.2. The highest BCUT2D eigenvalue weighted by atomic mass is 19.1. The van der Waals surface area contributed by atoms with Crippen LogP contribution < -0.4 is 9.64 Å². The monoisotopic (exact) mass is 518 g/mol. The number of rotatable bonds is 8. The van der Waals surface area contributed by atoms with Crippen molar-refractivity contribution in [3.63, 3.8) is 0 Å². The molecule has 2 heterocycles. The molecule has 196 valence electrons. The van der Waals surface area contributed by atoms with Crippen LogP contribution in [-0.2, 0) is 13.2 Å². The second-order valence-electron chi connectivity index (χ2n) is 9.81. The van der Waals surface area contributed by atoms with E-state index < -0.39 is 0 Å². The van der Waals surface area contributed by atoms with Gasteiger partial charge in [-0.15, -0.1) is 0 Å². The van der Waals surface area contributed by atoms with Gasteiger partial charge in [-0.1, -0.05) is 78.9 Å². The molecular weight excluding hydrogens is 487 g/mol. The molecule has 6 heteroatoms. The Morgan fingerprint density at radius 1 is 0.744 bits per heavy atom. The molecule has 1 saturated heterocycles. The van der Waals surface area contributed by atoms with Crippen LogP contribution in [0.25, 0.3) is 22.5 Å². The maximum absolute atomic E-state index is 13.2. The second kappa shape index (κ2) is 11.5. The van der Waals surface area contributed by atoms with Crippen molar-refractivity contribution in [3.05, 3.63) is 126 Å². The Balaban J connectivity index is 1.10. The number of imidazole rings is 1. The van der Waals surface area contributed by atoms with Gasteiger partial charge in [0.15, 0.2) is 0 Å². The molecule has 0 unspecified atom stereocenters. The number of H-pyrrole nitrogens is 1. The first-order chi connectivity index (χ1) is 19.2. The van der Waals surface area contributed by atoms with Crippen molar-refractivity contribution in [2.45, 2.75) is 13.2 Å². The number of hydrogen-bond acceptors (Lipinski definition) is 4. The summed E-state index contributed by atoms with van der Waals surface area (Å²) in [5, 5.41) is 0. The van der Waals surface area contributed by atoms with Gasteiger partial charge in [-0.2, -0.15) is 0 Å². The topological polar surface area (TPSA) is 44.4 Å².